The summed E-state index contributed by atoms with van der Waals surface area (Å²) in [6.45, 7) is 2.29. The molecule has 1 aromatic heterocycles. The highest BCUT2D eigenvalue weighted by Gasteiger charge is 2.22. The van der Waals surface area contributed by atoms with E-state index in [0.29, 0.717) is 13.0 Å². The monoisotopic (exact) mass is 229 g/mol. The number of aldehydes is 1. The number of hydrogen-bond acceptors (Lipinski definition) is 4. The minimum Gasteiger partial charge on any atom is -0.483 e. The molecular weight excluding hydrogens is 218 g/mol. The van der Waals surface area contributed by atoms with E-state index in [1.807, 2.05) is 29.7 Å². The molecule has 0 bridgehead atoms. The van der Waals surface area contributed by atoms with Crippen LogP contribution in [0.1, 0.15) is 17.2 Å². The third kappa shape index (κ3) is 1.43. The summed E-state index contributed by atoms with van der Waals surface area (Å²) < 4.78 is 7.63. The molecule has 1 aliphatic rings. The van der Waals surface area contributed by atoms with E-state index in [0.717, 1.165) is 34.9 Å². The van der Waals surface area contributed by atoms with Crippen molar-refractivity contribution in [2.24, 2.45) is 0 Å². The van der Waals surface area contributed by atoms with E-state index in [1.54, 1.807) is 0 Å². The van der Waals surface area contributed by atoms with Crippen molar-refractivity contribution in [2.75, 3.05) is 0 Å². The van der Waals surface area contributed by atoms with Gasteiger partial charge in [0.1, 0.15) is 24.5 Å². The lowest BCUT2D eigenvalue weighted by molar-refractivity contribution is -0.107. The Kier molecular flexibility index (Phi) is 2.18. The smallest absolute Gasteiger partial charge is 0.175 e. The Morgan fingerprint density at radius 1 is 1.47 bits per heavy atom. The zero-order valence-electron chi connectivity index (χ0n) is 9.38. The van der Waals surface area contributed by atoms with Gasteiger partial charge in [-0.2, -0.15) is 0 Å². The van der Waals surface area contributed by atoms with Gasteiger partial charge in [-0.25, -0.2) is 0 Å². The van der Waals surface area contributed by atoms with Crippen LogP contribution in [0.3, 0.4) is 0 Å². The number of fused-ring (bicyclic) bond motifs is 3. The Bertz CT molecular complexity index is 589. The maximum atomic E-state index is 10.6. The maximum Gasteiger partial charge on any atom is 0.175 e. The number of nitrogens with zero attached hydrogens (tertiary/aromatic N) is 3. The zero-order chi connectivity index (χ0) is 11.8. The standard InChI is InChI=1S/C12H11N3O2/c1-8-13-14-11-7-17-12-9(5-6-16)3-2-4-10(12)15(8)11/h2-4,6H,5,7H2,1H3. The predicted molar refractivity (Wildman–Crippen MR) is 60.2 cm³/mol. The molecule has 1 aromatic carbocycles. The van der Waals surface area contributed by atoms with Crippen LogP contribution in [0.4, 0.5) is 0 Å². The number of carbonyl (C=O) groups excluding carboxylic acids is 1. The van der Waals surface area contributed by atoms with E-state index in [4.69, 9.17) is 4.74 Å². The fourth-order valence-corrected chi connectivity index (χ4v) is 2.11. The molecule has 5 nitrogen and oxygen atoms in total. The number of aromatic nitrogens is 3. The highest BCUT2D eigenvalue weighted by molar-refractivity contribution is 5.62. The summed E-state index contributed by atoms with van der Waals surface area (Å²) in [4.78, 5) is 10.6. The molecule has 0 N–H and O–H groups in total. The summed E-state index contributed by atoms with van der Waals surface area (Å²) in [6, 6.07) is 5.76. The Morgan fingerprint density at radius 3 is 3.18 bits per heavy atom. The summed E-state index contributed by atoms with van der Waals surface area (Å²) in [5, 5.41) is 8.09. The van der Waals surface area contributed by atoms with Gasteiger partial charge in [-0.1, -0.05) is 12.1 Å². The second kappa shape index (κ2) is 3.69. The second-order valence-electron chi connectivity index (χ2n) is 3.92. The van der Waals surface area contributed by atoms with Crippen molar-refractivity contribution < 1.29 is 9.53 Å². The van der Waals surface area contributed by atoms with Gasteiger partial charge in [-0.3, -0.25) is 4.57 Å². The minimum atomic E-state index is 0.361. The van der Waals surface area contributed by atoms with Crippen molar-refractivity contribution in [3.8, 4) is 11.4 Å². The van der Waals surface area contributed by atoms with Crippen LogP contribution >= 0.6 is 0 Å². The van der Waals surface area contributed by atoms with Crippen LogP contribution in [0.15, 0.2) is 18.2 Å². The van der Waals surface area contributed by atoms with Crippen molar-refractivity contribution >= 4 is 6.29 Å². The van der Waals surface area contributed by atoms with Crippen molar-refractivity contribution in [1.82, 2.24) is 14.8 Å². The fraction of sp³-hybridized carbons (Fsp3) is 0.250. The average Bonchev–Trinajstić information content (AvgIpc) is 2.72. The van der Waals surface area contributed by atoms with Crippen LogP contribution in [0.5, 0.6) is 5.75 Å². The molecule has 0 unspecified atom stereocenters. The largest absolute Gasteiger partial charge is 0.483 e. The van der Waals surface area contributed by atoms with E-state index in [-0.39, 0.29) is 0 Å². The van der Waals surface area contributed by atoms with Crippen LogP contribution < -0.4 is 4.74 Å². The van der Waals surface area contributed by atoms with Gasteiger partial charge in [-0.15, -0.1) is 10.2 Å². The average molecular weight is 229 g/mol. The molecule has 1 aliphatic heterocycles. The third-order valence-corrected chi connectivity index (χ3v) is 2.86. The first-order valence-electron chi connectivity index (χ1n) is 5.41. The Balaban J connectivity index is 2.22. The number of aryl methyl sites for hydroxylation is 1. The molecule has 0 aliphatic carbocycles. The van der Waals surface area contributed by atoms with Gasteiger partial charge in [0, 0.05) is 12.0 Å². The first kappa shape index (κ1) is 10.0. The molecule has 0 amide bonds. The SMILES string of the molecule is Cc1nnc2n1-c1cccc(CC=O)c1OC2. The van der Waals surface area contributed by atoms with Gasteiger partial charge < -0.3 is 9.53 Å². The Labute approximate surface area is 98.0 Å². The first-order chi connectivity index (χ1) is 8.31. The molecule has 17 heavy (non-hydrogen) atoms. The molecule has 0 spiro atoms. The highest BCUT2D eigenvalue weighted by atomic mass is 16.5. The molecule has 86 valence electrons. The molecule has 0 radical (unpaired) electrons. The normalized spacial score (nSPS) is 12.5. The zero-order valence-corrected chi connectivity index (χ0v) is 9.38. The quantitative estimate of drug-likeness (QED) is 0.726. The fourth-order valence-electron chi connectivity index (χ4n) is 2.11. The van der Waals surface area contributed by atoms with Crippen LogP contribution in [0.2, 0.25) is 0 Å². The van der Waals surface area contributed by atoms with Crippen molar-refractivity contribution in [1.29, 1.82) is 0 Å². The van der Waals surface area contributed by atoms with Gasteiger partial charge in [0.25, 0.3) is 0 Å². The van der Waals surface area contributed by atoms with Crippen molar-refractivity contribution in [3.63, 3.8) is 0 Å². The topological polar surface area (TPSA) is 57.0 Å². The summed E-state index contributed by atoms with van der Waals surface area (Å²) in [5.41, 5.74) is 1.81. The number of carbonyl (C=O) groups is 1. The molecule has 0 atom stereocenters. The van der Waals surface area contributed by atoms with E-state index < -0.39 is 0 Å². The molecular formula is C12H11N3O2. The number of para-hydroxylation sites is 1. The number of rotatable bonds is 2. The predicted octanol–water partition coefficient (Wildman–Crippen LogP) is 1.21. The molecule has 2 heterocycles. The van der Waals surface area contributed by atoms with Crippen molar-refractivity contribution in [3.05, 3.63) is 35.4 Å². The summed E-state index contributed by atoms with van der Waals surface area (Å²) >= 11 is 0. The number of ether oxygens (including phenoxy) is 1. The van der Waals surface area contributed by atoms with E-state index in [1.165, 1.54) is 0 Å². The van der Waals surface area contributed by atoms with Gasteiger partial charge in [0.2, 0.25) is 0 Å². The summed E-state index contributed by atoms with van der Waals surface area (Å²) in [5.74, 6) is 2.38. The first-order valence-corrected chi connectivity index (χ1v) is 5.41. The van der Waals surface area contributed by atoms with Gasteiger partial charge >= 0.3 is 0 Å². The van der Waals surface area contributed by atoms with E-state index in [2.05, 4.69) is 10.2 Å². The Hall–Kier alpha value is -2.17. The van der Waals surface area contributed by atoms with Crippen LogP contribution in [0, 0.1) is 6.92 Å². The molecule has 3 rings (SSSR count). The van der Waals surface area contributed by atoms with E-state index in [9.17, 15) is 4.79 Å². The molecule has 2 aromatic rings. The lowest BCUT2D eigenvalue weighted by Gasteiger charge is -2.21. The van der Waals surface area contributed by atoms with Crippen molar-refractivity contribution in [2.45, 2.75) is 20.0 Å². The van der Waals surface area contributed by atoms with Crippen LogP contribution in [0.25, 0.3) is 5.69 Å². The molecule has 0 fully saturated rings. The lowest BCUT2D eigenvalue weighted by Crippen LogP contribution is -2.15. The van der Waals surface area contributed by atoms with Gasteiger partial charge in [0.05, 0.1) is 5.69 Å². The van der Waals surface area contributed by atoms with Gasteiger partial charge in [-0.05, 0) is 13.0 Å². The molecule has 0 saturated carbocycles. The second-order valence-corrected chi connectivity index (χ2v) is 3.92. The summed E-state index contributed by atoms with van der Waals surface area (Å²) in [7, 11) is 0. The Morgan fingerprint density at radius 2 is 2.35 bits per heavy atom. The van der Waals surface area contributed by atoms with E-state index >= 15 is 0 Å². The lowest BCUT2D eigenvalue weighted by atomic mass is 10.1. The minimum absolute atomic E-state index is 0.361. The molecule has 0 saturated heterocycles. The third-order valence-electron chi connectivity index (χ3n) is 2.86. The van der Waals surface area contributed by atoms with Gasteiger partial charge in [0.15, 0.2) is 5.82 Å². The maximum absolute atomic E-state index is 10.6. The van der Waals surface area contributed by atoms with Crippen LogP contribution in [-0.2, 0) is 17.8 Å². The highest BCUT2D eigenvalue weighted by Crippen LogP contribution is 2.33. The number of hydrogen-bond donors (Lipinski definition) is 0. The molecule has 5 heteroatoms. The summed E-state index contributed by atoms with van der Waals surface area (Å²) in [6.07, 6.45) is 1.24. The van der Waals surface area contributed by atoms with Crippen LogP contribution in [-0.4, -0.2) is 21.1 Å². The number of benzene rings is 1.